The maximum Gasteiger partial charge on any atom is 0.217 e. The summed E-state index contributed by atoms with van der Waals surface area (Å²) in [6.07, 6.45) is -51.8. The number of aliphatic hydroxyl groups is 17. The van der Waals surface area contributed by atoms with Crippen LogP contribution in [0.15, 0.2) is 0 Å². The van der Waals surface area contributed by atoms with Crippen molar-refractivity contribution in [2.45, 2.75) is 211 Å². The minimum atomic E-state index is -2.22. The molecule has 6 saturated heterocycles. The lowest BCUT2D eigenvalue weighted by Gasteiger charge is -2.51. The Kier molecular flexibility index (Phi) is 24.2. The summed E-state index contributed by atoms with van der Waals surface area (Å²) in [6.45, 7) is -2.64. The fourth-order valence-electron chi connectivity index (χ4n) is 9.85. The van der Waals surface area contributed by atoms with E-state index in [1.807, 2.05) is 0 Å². The van der Waals surface area contributed by atoms with Crippen LogP contribution in [0.1, 0.15) is 20.8 Å². The molecular formula is C44H75N3O32. The Hall–Kier alpha value is -2.75. The average molecular weight is 1160 g/mol. The third-order valence-corrected chi connectivity index (χ3v) is 14.2. The number of hydrogen-bond donors (Lipinski definition) is 20. The molecule has 0 spiro atoms. The first-order valence-electron chi connectivity index (χ1n) is 25.2. The second-order valence-electron chi connectivity index (χ2n) is 19.7. The molecule has 0 radical (unpaired) electrons. The van der Waals surface area contributed by atoms with Gasteiger partial charge in [0.25, 0.3) is 0 Å². The van der Waals surface area contributed by atoms with E-state index < -0.39 is 248 Å². The van der Waals surface area contributed by atoms with Crippen LogP contribution >= 0.6 is 0 Å². The Labute approximate surface area is 448 Å². The molecule has 0 aromatic heterocycles. The van der Waals surface area contributed by atoms with Gasteiger partial charge >= 0.3 is 0 Å². The normalized spacial score (nSPS) is 47.2. The Morgan fingerprint density at radius 1 is 0.430 bits per heavy atom. The summed E-state index contributed by atoms with van der Waals surface area (Å²) in [5, 5.41) is 191. The monoisotopic (exact) mass is 1160 g/mol. The molecule has 6 aliphatic rings. The highest BCUT2D eigenvalue weighted by Gasteiger charge is 2.58. The number of rotatable bonds is 23. The number of amides is 3. The molecule has 0 unspecified atom stereocenters. The van der Waals surface area contributed by atoms with E-state index in [1.165, 1.54) is 6.92 Å². The zero-order valence-corrected chi connectivity index (χ0v) is 42.7. The highest BCUT2D eigenvalue weighted by atomic mass is 16.8. The van der Waals surface area contributed by atoms with Crippen LogP contribution in [0.5, 0.6) is 0 Å². The molecule has 0 bridgehead atoms. The first-order valence-corrected chi connectivity index (χ1v) is 25.2. The van der Waals surface area contributed by atoms with Crippen molar-refractivity contribution in [3.05, 3.63) is 0 Å². The third-order valence-electron chi connectivity index (χ3n) is 14.2. The second kappa shape index (κ2) is 29.2. The molecule has 35 heteroatoms. The Morgan fingerprint density at radius 2 is 0.810 bits per heavy atom. The summed E-state index contributed by atoms with van der Waals surface area (Å²) < 4.78 is 69.1. The van der Waals surface area contributed by atoms with Crippen LogP contribution in [-0.2, 0) is 71.2 Å². The Morgan fingerprint density at radius 3 is 1.28 bits per heavy atom. The largest absolute Gasteiger partial charge is 0.394 e. The van der Waals surface area contributed by atoms with Gasteiger partial charge in [-0.1, -0.05) is 0 Å². The van der Waals surface area contributed by atoms with Gasteiger partial charge in [-0.3, -0.25) is 14.4 Å². The van der Waals surface area contributed by atoms with E-state index in [0.717, 1.165) is 13.8 Å². The zero-order valence-electron chi connectivity index (χ0n) is 42.7. The second-order valence-corrected chi connectivity index (χ2v) is 19.7. The lowest BCUT2D eigenvalue weighted by atomic mass is 9.93. The number of ether oxygens (including phenoxy) is 12. The summed E-state index contributed by atoms with van der Waals surface area (Å²) >= 11 is 0. The molecule has 0 aromatic carbocycles. The summed E-state index contributed by atoms with van der Waals surface area (Å²) in [6, 6.07) is -4.45. The third kappa shape index (κ3) is 14.8. The van der Waals surface area contributed by atoms with Crippen LogP contribution in [0, 0.1) is 0 Å². The van der Waals surface area contributed by atoms with Gasteiger partial charge in [0.15, 0.2) is 37.7 Å². The molecule has 35 nitrogen and oxygen atoms in total. The maximum absolute atomic E-state index is 12.7. The van der Waals surface area contributed by atoms with Crippen molar-refractivity contribution >= 4 is 18.2 Å². The zero-order chi connectivity index (χ0) is 58.3. The number of hydrogen-bond acceptors (Lipinski definition) is 32. The molecule has 6 aliphatic heterocycles. The number of nitrogens with one attached hydrogen (secondary N) is 3. The van der Waals surface area contributed by atoms with E-state index in [1.54, 1.807) is 0 Å². The summed E-state index contributed by atoms with van der Waals surface area (Å²) in [4.78, 5) is 36.2. The molecule has 6 rings (SSSR count). The number of aliphatic hydroxyl groups excluding tert-OH is 17. The SMILES string of the molecule is CC(=O)N[C@H]1[C@H](O[C@H]2[C@@H](O)[C@@H](CO)O[C@@H](O[C@H]3[C@H](O)[C@@H](O)[C@H](OC[C@@H](CO)NC=O)O[C@@H]3CO)[C@@H]2O)O[C@H](CO)[C@@H](O[C@@H]2O[C@H](CO)[C@H](O)[C@H](O[C@@H]3O[C@H](CO)[C@@H](O)[C@H](O[C@@H]4O[C@@H](C)[C@@H](O)[C@@H](O)[C@@H]4O)[C@H]3NC(C)=O)[C@H]2O)[C@@H]1O. The smallest absolute Gasteiger partial charge is 0.217 e. The van der Waals surface area contributed by atoms with E-state index in [-0.39, 0.29) is 6.41 Å². The van der Waals surface area contributed by atoms with E-state index in [2.05, 4.69) is 16.0 Å². The predicted octanol–water partition coefficient (Wildman–Crippen LogP) is -13.7. The minimum Gasteiger partial charge on any atom is -0.394 e. The number of carbonyl (C=O) groups excluding carboxylic acids is 3. The van der Waals surface area contributed by atoms with Crippen molar-refractivity contribution in [3.8, 4) is 0 Å². The fourth-order valence-corrected chi connectivity index (χ4v) is 9.85. The average Bonchev–Trinajstić information content (AvgIpc) is 3.52. The fraction of sp³-hybridized carbons (Fsp3) is 0.932. The van der Waals surface area contributed by atoms with Crippen LogP contribution < -0.4 is 16.0 Å². The van der Waals surface area contributed by atoms with Crippen molar-refractivity contribution in [3.63, 3.8) is 0 Å². The van der Waals surface area contributed by atoms with Crippen LogP contribution in [-0.4, -0.2) is 341 Å². The summed E-state index contributed by atoms with van der Waals surface area (Å²) in [5.74, 6) is -1.68. The lowest BCUT2D eigenvalue weighted by Crippen LogP contribution is -2.71. The van der Waals surface area contributed by atoms with Crippen LogP contribution in [0.25, 0.3) is 0 Å². The molecule has 6 fully saturated rings. The van der Waals surface area contributed by atoms with Gasteiger partial charge in [0.05, 0.1) is 58.4 Å². The van der Waals surface area contributed by atoms with Crippen molar-refractivity contribution in [1.29, 1.82) is 0 Å². The van der Waals surface area contributed by atoms with E-state index in [4.69, 9.17) is 56.8 Å². The van der Waals surface area contributed by atoms with Gasteiger partial charge in [0.2, 0.25) is 18.2 Å². The van der Waals surface area contributed by atoms with Gasteiger partial charge in [0, 0.05) is 13.8 Å². The highest BCUT2D eigenvalue weighted by Crippen LogP contribution is 2.37. The van der Waals surface area contributed by atoms with Gasteiger partial charge in [0.1, 0.15) is 140 Å². The van der Waals surface area contributed by atoms with E-state index in [0.29, 0.717) is 0 Å². The molecule has 6 heterocycles. The van der Waals surface area contributed by atoms with E-state index >= 15 is 0 Å². The summed E-state index contributed by atoms with van der Waals surface area (Å²) in [5.41, 5.74) is 0. The molecule has 0 aromatic rings. The van der Waals surface area contributed by atoms with Gasteiger partial charge < -0.3 is 160 Å². The van der Waals surface area contributed by atoms with Crippen molar-refractivity contribution in [2.24, 2.45) is 0 Å². The molecule has 458 valence electrons. The van der Waals surface area contributed by atoms with E-state index in [9.17, 15) is 101 Å². The van der Waals surface area contributed by atoms with Gasteiger partial charge in [-0.2, -0.15) is 0 Å². The molecular weight excluding hydrogens is 1080 g/mol. The molecule has 79 heavy (non-hydrogen) atoms. The molecule has 31 atom stereocenters. The lowest BCUT2D eigenvalue weighted by molar-refractivity contribution is -0.387. The van der Waals surface area contributed by atoms with Crippen molar-refractivity contribution in [1.82, 2.24) is 16.0 Å². The van der Waals surface area contributed by atoms with Crippen molar-refractivity contribution in [2.75, 3.05) is 46.2 Å². The Balaban J connectivity index is 1.20. The van der Waals surface area contributed by atoms with Gasteiger partial charge in [-0.25, -0.2) is 0 Å². The van der Waals surface area contributed by atoms with Crippen LogP contribution in [0.4, 0.5) is 0 Å². The van der Waals surface area contributed by atoms with Gasteiger partial charge in [-0.15, -0.1) is 0 Å². The Bertz CT molecular complexity index is 1910. The quantitative estimate of drug-likeness (QED) is 0.0423. The molecule has 20 N–H and O–H groups in total. The van der Waals surface area contributed by atoms with Gasteiger partial charge in [-0.05, 0) is 6.92 Å². The minimum absolute atomic E-state index is 0.278. The molecule has 0 aliphatic carbocycles. The topological polar surface area (TPSA) is 542 Å². The van der Waals surface area contributed by atoms with Crippen LogP contribution in [0.3, 0.4) is 0 Å². The predicted molar refractivity (Wildman–Crippen MR) is 245 cm³/mol. The first-order chi connectivity index (χ1) is 37.5. The van der Waals surface area contributed by atoms with Crippen molar-refractivity contribution < 1.29 is 158 Å². The van der Waals surface area contributed by atoms with Crippen LogP contribution in [0.2, 0.25) is 0 Å². The number of carbonyl (C=O) groups is 3. The molecule has 3 amide bonds. The maximum atomic E-state index is 12.7. The highest BCUT2D eigenvalue weighted by molar-refractivity contribution is 5.73. The summed E-state index contributed by atoms with van der Waals surface area (Å²) in [7, 11) is 0. The molecule has 0 saturated carbocycles. The standard InChI is InChI=1S/C44H75N3O32/c1-12-23(57)28(62)30(64)42(69-12)77-36-22(47-14(3)56)40(70-16(5-49)24(36)58)79-38-26(60)18(7-51)71-43(33(38)67)75-34-19(8-52)73-39(21(27(34)61)46-13(2)55)78-37-25(59)17(6-50)72-44(32(37)66)76-35-20(9-53)74-41(31(65)29(35)63)68-10-15(4-48)45-11-54/h11-12,15-44,48-53,57-67H,4-10H2,1-3H3,(H,45,54)(H,46,55)(H,47,56)/t12-,15+,16+,17+,18+,19+,20+,21+,22+,23+,24+,25-,26-,27+,28+,29+,30-,31+,32+,33+,34+,35+,36+,37-,38-,39-,40-,41+,42-,43-,44-/m0/s1. The first kappa shape index (κ1) is 65.4.